The quantitative estimate of drug-likeness (QED) is 0.735. The molecule has 3 rings (SSSR count). The van der Waals surface area contributed by atoms with Gasteiger partial charge < -0.3 is 9.52 Å². The maximum absolute atomic E-state index is 11.8. The van der Waals surface area contributed by atoms with Crippen molar-refractivity contribution in [3.63, 3.8) is 0 Å². The molecule has 1 aromatic carbocycles. The molecule has 2 amide bonds. The molecule has 0 aliphatic heterocycles. The number of nitrogens with one attached hydrogen (secondary N) is 2. The van der Waals surface area contributed by atoms with E-state index in [4.69, 9.17) is 4.42 Å². The van der Waals surface area contributed by atoms with Gasteiger partial charge in [0.05, 0.1) is 0 Å². The minimum Gasteiger partial charge on any atom is -0.508 e. The summed E-state index contributed by atoms with van der Waals surface area (Å²) in [5.74, 6) is 2.18. The smallest absolute Gasteiger partial charge is 0.269 e. The summed E-state index contributed by atoms with van der Waals surface area (Å²) in [7, 11) is 0. The first-order valence-corrected chi connectivity index (χ1v) is 8.00. The van der Waals surface area contributed by atoms with E-state index in [2.05, 4.69) is 17.8 Å². The zero-order chi connectivity index (χ0) is 17.1. The highest BCUT2D eigenvalue weighted by atomic mass is 16.3. The monoisotopic (exact) mass is 328 g/mol. The lowest BCUT2D eigenvalue weighted by Crippen LogP contribution is -2.41. The van der Waals surface area contributed by atoms with Crippen LogP contribution in [0, 0.1) is 5.92 Å². The number of phenolic OH excluding ortho intramolecular Hbond substituents is 1. The van der Waals surface area contributed by atoms with Crippen LogP contribution < -0.4 is 10.9 Å². The number of benzene rings is 1. The van der Waals surface area contributed by atoms with Crippen molar-refractivity contribution in [1.82, 2.24) is 10.9 Å². The summed E-state index contributed by atoms with van der Waals surface area (Å²) in [5, 5.41) is 9.33. The van der Waals surface area contributed by atoms with Gasteiger partial charge in [-0.3, -0.25) is 20.4 Å². The van der Waals surface area contributed by atoms with E-state index >= 15 is 0 Å². The average molecular weight is 328 g/mol. The Morgan fingerprint density at radius 3 is 2.75 bits per heavy atom. The van der Waals surface area contributed by atoms with Gasteiger partial charge in [0.15, 0.2) is 0 Å². The molecular weight excluding hydrogens is 308 g/mol. The Labute approximate surface area is 139 Å². The molecule has 1 heterocycles. The maximum atomic E-state index is 11.8. The Bertz CT molecular complexity index is 753. The SMILES string of the molecule is C[C@@H]1C[C@H]1c1ccc(CCC(=O)NNC(=O)c2cccc(O)c2)o1. The lowest BCUT2D eigenvalue weighted by atomic mass is 10.2. The molecule has 126 valence electrons. The molecule has 0 spiro atoms. The second-order valence-corrected chi connectivity index (χ2v) is 6.18. The third kappa shape index (κ3) is 3.95. The lowest BCUT2D eigenvalue weighted by molar-refractivity contribution is -0.121. The van der Waals surface area contributed by atoms with E-state index in [0.717, 1.165) is 17.9 Å². The van der Waals surface area contributed by atoms with Gasteiger partial charge in [0.1, 0.15) is 17.3 Å². The molecule has 1 aliphatic rings. The van der Waals surface area contributed by atoms with Gasteiger partial charge >= 0.3 is 0 Å². The number of aryl methyl sites for hydroxylation is 1. The summed E-state index contributed by atoms with van der Waals surface area (Å²) in [5.41, 5.74) is 4.95. The molecule has 1 aliphatic carbocycles. The van der Waals surface area contributed by atoms with E-state index in [0.29, 0.717) is 18.3 Å². The minimum absolute atomic E-state index is 0.00687. The number of aromatic hydroxyl groups is 1. The topological polar surface area (TPSA) is 91.6 Å². The first-order valence-electron chi connectivity index (χ1n) is 8.00. The second-order valence-electron chi connectivity index (χ2n) is 6.18. The van der Waals surface area contributed by atoms with E-state index in [1.807, 2.05) is 12.1 Å². The highest BCUT2D eigenvalue weighted by molar-refractivity contribution is 5.95. The molecule has 6 heteroatoms. The number of furan rings is 1. The van der Waals surface area contributed by atoms with Gasteiger partial charge in [-0.05, 0) is 42.7 Å². The van der Waals surface area contributed by atoms with Crippen LogP contribution in [0.15, 0.2) is 40.8 Å². The van der Waals surface area contributed by atoms with Crippen LogP contribution in [0.5, 0.6) is 5.75 Å². The van der Waals surface area contributed by atoms with Crippen molar-refractivity contribution in [3.8, 4) is 5.75 Å². The molecule has 1 fully saturated rings. The number of hydrogen-bond acceptors (Lipinski definition) is 4. The van der Waals surface area contributed by atoms with Crippen molar-refractivity contribution >= 4 is 11.8 Å². The molecule has 3 N–H and O–H groups in total. The van der Waals surface area contributed by atoms with Gasteiger partial charge in [-0.1, -0.05) is 13.0 Å². The minimum atomic E-state index is -0.484. The summed E-state index contributed by atoms with van der Waals surface area (Å²) in [6, 6.07) is 9.77. The van der Waals surface area contributed by atoms with Gasteiger partial charge in [-0.15, -0.1) is 0 Å². The highest BCUT2D eigenvalue weighted by Crippen LogP contribution is 2.47. The van der Waals surface area contributed by atoms with E-state index in [1.165, 1.54) is 12.1 Å². The van der Waals surface area contributed by atoms with E-state index in [1.54, 1.807) is 12.1 Å². The highest BCUT2D eigenvalue weighted by Gasteiger charge is 2.36. The maximum Gasteiger partial charge on any atom is 0.269 e. The first kappa shape index (κ1) is 16.1. The van der Waals surface area contributed by atoms with Gasteiger partial charge in [0.25, 0.3) is 5.91 Å². The van der Waals surface area contributed by atoms with Crippen molar-refractivity contribution in [2.75, 3.05) is 0 Å². The first-order chi connectivity index (χ1) is 11.5. The number of hydrazine groups is 1. The zero-order valence-electron chi connectivity index (χ0n) is 13.4. The Kier molecular flexibility index (Phi) is 4.55. The van der Waals surface area contributed by atoms with Crippen LogP contribution in [0.25, 0.3) is 0 Å². The van der Waals surface area contributed by atoms with Crippen molar-refractivity contribution in [2.45, 2.75) is 32.1 Å². The van der Waals surface area contributed by atoms with Crippen LogP contribution in [-0.4, -0.2) is 16.9 Å². The Morgan fingerprint density at radius 2 is 2.04 bits per heavy atom. The standard InChI is InChI=1S/C18H20N2O4/c1-11-9-15(11)16-7-5-14(24-16)6-8-17(22)19-20-18(23)12-3-2-4-13(21)10-12/h2-5,7,10-11,15,21H,6,8-9H2,1H3,(H,19,22)(H,20,23)/t11-,15-/m1/s1. The van der Waals surface area contributed by atoms with Crippen LogP contribution in [0.1, 0.15) is 47.6 Å². The molecule has 1 aromatic heterocycles. The predicted octanol–water partition coefficient (Wildman–Crippen LogP) is 2.50. The summed E-state index contributed by atoms with van der Waals surface area (Å²) in [6.07, 6.45) is 1.86. The third-order valence-electron chi connectivity index (χ3n) is 4.18. The molecule has 2 atom stereocenters. The molecule has 0 radical (unpaired) electrons. The van der Waals surface area contributed by atoms with Gasteiger partial charge in [-0.2, -0.15) is 0 Å². The van der Waals surface area contributed by atoms with E-state index < -0.39 is 5.91 Å². The number of amides is 2. The van der Waals surface area contributed by atoms with Gasteiger partial charge in [0.2, 0.25) is 5.91 Å². The Morgan fingerprint density at radius 1 is 1.25 bits per heavy atom. The number of rotatable bonds is 5. The number of carbonyl (C=O) groups is 2. The number of carbonyl (C=O) groups excluding carboxylic acids is 2. The largest absolute Gasteiger partial charge is 0.508 e. The summed E-state index contributed by atoms with van der Waals surface area (Å²) < 4.78 is 5.74. The fourth-order valence-electron chi connectivity index (χ4n) is 2.59. The van der Waals surface area contributed by atoms with E-state index in [9.17, 15) is 14.7 Å². The van der Waals surface area contributed by atoms with Crippen LogP contribution in [0.4, 0.5) is 0 Å². The molecule has 2 aromatic rings. The van der Waals surface area contributed by atoms with Crippen LogP contribution in [-0.2, 0) is 11.2 Å². The van der Waals surface area contributed by atoms with Crippen molar-refractivity contribution in [3.05, 3.63) is 53.5 Å². The van der Waals surface area contributed by atoms with Crippen molar-refractivity contribution in [1.29, 1.82) is 0 Å². The third-order valence-corrected chi connectivity index (χ3v) is 4.18. The van der Waals surface area contributed by atoms with Crippen LogP contribution in [0.3, 0.4) is 0 Å². The summed E-state index contributed by atoms with van der Waals surface area (Å²) in [4.78, 5) is 23.6. The van der Waals surface area contributed by atoms with Crippen LogP contribution in [0.2, 0.25) is 0 Å². The molecular formula is C18H20N2O4. The molecule has 0 saturated heterocycles. The number of hydrogen-bond donors (Lipinski definition) is 3. The van der Waals surface area contributed by atoms with Crippen molar-refractivity contribution < 1.29 is 19.1 Å². The molecule has 24 heavy (non-hydrogen) atoms. The zero-order valence-corrected chi connectivity index (χ0v) is 13.4. The van der Waals surface area contributed by atoms with Crippen molar-refractivity contribution in [2.24, 2.45) is 5.92 Å². The molecule has 0 bridgehead atoms. The van der Waals surface area contributed by atoms with Gasteiger partial charge in [-0.25, -0.2) is 0 Å². The average Bonchev–Trinajstić information content (AvgIpc) is 3.11. The van der Waals surface area contributed by atoms with Gasteiger partial charge in [0, 0.05) is 24.3 Å². The van der Waals surface area contributed by atoms with E-state index in [-0.39, 0.29) is 23.6 Å². The molecule has 6 nitrogen and oxygen atoms in total. The molecule has 1 saturated carbocycles. The van der Waals surface area contributed by atoms with Crippen LogP contribution >= 0.6 is 0 Å². The normalized spacial score (nSPS) is 18.9. The second kappa shape index (κ2) is 6.78. The Balaban J connectivity index is 1.42. The summed E-state index contributed by atoms with van der Waals surface area (Å²) >= 11 is 0. The fraction of sp³-hybridized carbons (Fsp3) is 0.333. The molecule has 0 unspecified atom stereocenters. The lowest BCUT2D eigenvalue weighted by Gasteiger charge is -2.07. The summed E-state index contributed by atoms with van der Waals surface area (Å²) in [6.45, 7) is 2.19. The number of phenols is 1. The predicted molar refractivity (Wildman–Crippen MR) is 87.3 cm³/mol. The Hall–Kier alpha value is -2.76. The fourth-order valence-corrected chi connectivity index (χ4v) is 2.59.